The summed E-state index contributed by atoms with van der Waals surface area (Å²) in [6, 6.07) is 36.9. The van der Waals surface area contributed by atoms with E-state index in [9.17, 15) is 0 Å². The van der Waals surface area contributed by atoms with Crippen LogP contribution in [0.2, 0.25) is 0 Å². The number of hydrogen-bond acceptors (Lipinski definition) is 0. The fraction of sp³-hybridized carbons (Fsp3) is 0. The van der Waals surface area contributed by atoms with Crippen molar-refractivity contribution in [2.45, 2.75) is 0 Å². The Kier molecular flexibility index (Phi) is 4.92. The van der Waals surface area contributed by atoms with Gasteiger partial charge in [-0.3, -0.25) is 14.5 Å². The first-order valence-electron chi connectivity index (χ1n) is 12.5. The summed E-state index contributed by atoms with van der Waals surface area (Å²) in [5.74, 6) is 0. The van der Waals surface area contributed by atoms with Crippen molar-refractivity contribution in [3.8, 4) is 22.4 Å². The molecule has 2 aromatic heterocycles. The topological polar surface area (TPSA) is 17.5 Å². The van der Waals surface area contributed by atoms with E-state index < -0.39 is 0 Å². The van der Waals surface area contributed by atoms with Gasteiger partial charge in [0.1, 0.15) is 0 Å². The largest absolute Gasteiger partial charge is 0.311 e. The van der Waals surface area contributed by atoms with Gasteiger partial charge in [-0.2, -0.15) is 0 Å². The minimum Gasteiger partial charge on any atom is -0.311 e. The zero-order chi connectivity index (χ0) is 26.5. The fourth-order valence-corrected chi connectivity index (χ4v) is 5.78. The summed E-state index contributed by atoms with van der Waals surface area (Å²) in [5.41, 5.74) is 6.43. The van der Waals surface area contributed by atoms with Crippen molar-refractivity contribution >= 4 is 55.0 Å². The highest BCUT2D eigenvalue weighted by molar-refractivity contribution is 6.30. The average molecular weight is 495 g/mol. The van der Waals surface area contributed by atoms with Crippen molar-refractivity contribution < 1.29 is 0 Å². The summed E-state index contributed by atoms with van der Waals surface area (Å²) in [6.45, 7) is 23.9. The lowest BCUT2D eigenvalue weighted by Gasteiger charge is -2.17. The lowest BCUT2D eigenvalue weighted by molar-refractivity contribution is 1.29. The molecule has 178 valence electrons. The number of fused-ring (bicyclic) bond motifs is 8. The molecule has 0 bridgehead atoms. The monoisotopic (exact) mass is 494 g/mol. The second-order valence-corrected chi connectivity index (χ2v) is 9.39. The molecule has 0 fully saturated rings. The van der Waals surface area contributed by atoms with Gasteiger partial charge in [0.05, 0.1) is 30.9 Å². The third-order valence-corrected chi connectivity index (χ3v) is 7.41. The average Bonchev–Trinajstić information content (AvgIpc) is 3.41. The summed E-state index contributed by atoms with van der Waals surface area (Å²) < 4.78 is 2.18. The quantitative estimate of drug-likeness (QED) is 0.168. The minimum absolute atomic E-state index is 0.109. The van der Waals surface area contributed by atoms with Crippen molar-refractivity contribution in [2.75, 3.05) is 0 Å². The Morgan fingerprint density at radius 2 is 1.21 bits per heavy atom. The molecule has 7 aromatic rings. The van der Waals surface area contributed by atoms with E-state index in [1.54, 1.807) is 6.07 Å². The van der Waals surface area contributed by atoms with Gasteiger partial charge in [-0.05, 0) is 44.8 Å². The predicted octanol–water partition coefficient (Wildman–Crippen LogP) is 10.4. The molecule has 4 heteroatoms. The molecule has 0 amide bonds. The van der Waals surface area contributed by atoms with Crippen molar-refractivity contribution in [1.29, 1.82) is 0 Å². The van der Waals surface area contributed by atoms with E-state index in [0.29, 0.717) is 5.39 Å². The molecule has 0 atom stereocenters. The molecule has 0 spiro atoms. The van der Waals surface area contributed by atoms with Gasteiger partial charge in [0.25, 0.3) is 0 Å². The molecule has 2 heterocycles. The van der Waals surface area contributed by atoms with Gasteiger partial charge in [-0.25, -0.2) is 0 Å². The zero-order valence-corrected chi connectivity index (χ0v) is 20.7. The molecule has 0 saturated carbocycles. The molecule has 39 heavy (non-hydrogen) atoms. The minimum atomic E-state index is 0.109. The van der Waals surface area contributed by atoms with E-state index in [1.807, 2.05) is 48.5 Å². The molecule has 0 radical (unpaired) electrons. The number of rotatable bonds is 2. The SMILES string of the molecule is [C-]#[N+]c1cc2c(c([N+]#[C-])c1[N+]#[C-])c1c3ccccc3ccc1c1c(-c3ccccc3)cc(-c3ccccc3)n21. The normalized spacial score (nSPS) is 11.0. The molecule has 0 aliphatic heterocycles. The first-order valence-corrected chi connectivity index (χ1v) is 12.5. The number of nitrogens with zero attached hydrogens (tertiary/aromatic N) is 4. The van der Waals surface area contributed by atoms with Crippen LogP contribution in [-0.2, 0) is 0 Å². The summed E-state index contributed by atoms with van der Waals surface area (Å²) in [5, 5.41) is 4.70. The molecule has 0 aliphatic rings. The summed E-state index contributed by atoms with van der Waals surface area (Å²) >= 11 is 0. The number of aromatic nitrogens is 1. The highest BCUT2D eigenvalue weighted by Crippen LogP contribution is 2.51. The van der Waals surface area contributed by atoms with Crippen LogP contribution in [0.3, 0.4) is 0 Å². The Morgan fingerprint density at radius 3 is 1.90 bits per heavy atom. The molecule has 7 rings (SSSR count). The van der Waals surface area contributed by atoms with E-state index in [1.165, 1.54) is 0 Å². The molecule has 0 saturated heterocycles. The number of hydrogen-bond donors (Lipinski definition) is 0. The highest BCUT2D eigenvalue weighted by atomic mass is 14.9. The van der Waals surface area contributed by atoms with Crippen LogP contribution >= 0.6 is 0 Å². The standard InChI is InChI=1S/C35H18N4/c1-36-28-21-30-32(34(38-3)33(28)37-2)31-25-17-11-10-14-23(25)18-19-26(31)35-27(22-12-6-4-7-13-22)20-29(39(30)35)24-15-8-5-9-16-24/h4-21H. The van der Waals surface area contributed by atoms with Gasteiger partial charge >= 0.3 is 0 Å². The van der Waals surface area contributed by atoms with E-state index in [2.05, 4.69) is 73.5 Å². The van der Waals surface area contributed by atoms with E-state index in [-0.39, 0.29) is 17.1 Å². The zero-order valence-electron chi connectivity index (χ0n) is 20.7. The molecule has 0 aliphatic carbocycles. The molecular formula is C35H18N4. The maximum absolute atomic E-state index is 8.16. The third-order valence-electron chi connectivity index (χ3n) is 7.41. The van der Waals surface area contributed by atoms with Gasteiger partial charge < -0.3 is 4.40 Å². The third kappa shape index (κ3) is 3.15. The van der Waals surface area contributed by atoms with E-state index in [0.717, 1.165) is 55.0 Å². The van der Waals surface area contributed by atoms with Crippen molar-refractivity contribution in [3.05, 3.63) is 143 Å². The van der Waals surface area contributed by atoms with Crippen molar-refractivity contribution in [1.82, 2.24) is 4.40 Å². The lowest BCUT2D eigenvalue weighted by Crippen LogP contribution is -1.95. The van der Waals surface area contributed by atoms with Crippen LogP contribution in [-0.4, -0.2) is 4.40 Å². The first kappa shape index (κ1) is 22.3. The molecule has 0 N–H and O–H groups in total. The second-order valence-electron chi connectivity index (χ2n) is 9.39. The van der Waals surface area contributed by atoms with Crippen LogP contribution in [0.1, 0.15) is 0 Å². The van der Waals surface area contributed by atoms with Gasteiger partial charge in [-0.15, -0.1) is 0 Å². The van der Waals surface area contributed by atoms with Crippen LogP contribution in [0, 0.1) is 19.7 Å². The number of pyridine rings is 1. The number of benzene rings is 5. The first-order chi connectivity index (χ1) is 19.2. The van der Waals surface area contributed by atoms with Gasteiger partial charge in [0, 0.05) is 16.5 Å². The van der Waals surface area contributed by atoms with Crippen LogP contribution in [0.5, 0.6) is 0 Å². The molecule has 0 unspecified atom stereocenters. The van der Waals surface area contributed by atoms with Crippen LogP contribution in [0.15, 0.2) is 109 Å². The van der Waals surface area contributed by atoms with Crippen LogP contribution in [0.25, 0.3) is 74.9 Å². The van der Waals surface area contributed by atoms with Crippen molar-refractivity contribution in [3.63, 3.8) is 0 Å². The molecule has 5 aromatic carbocycles. The lowest BCUT2D eigenvalue weighted by atomic mass is 9.94. The molecule has 4 nitrogen and oxygen atoms in total. The van der Waals surface area contributed by atoms with Gasteiger partial charge in [0.15, 0.2) is 11.4 Å². The maximum atomic E-state index is 8.16. The highest BCUT2D eigenvalue weighted by Gasteiger charge is 2.24. The maximum Gasteiger partial charge on any atom is 0.201 e. The molecular weight excluding hydrogens is 476 g/mol. The Hall–Kier alpha value is -5.89. The van der Waals surface area contributed by atoms with Crippen LogP contribution < -0.4 is 0 Å². The summed E-state index contributed by atoms with van der Waals surface area (Å²) in [6.07, 6.45) is 0. The Morgan fingerprint density at radius 1 is 0.538 bits per heavy atom. The Bertz CT molecular complexity index is 2240. The van der Waals surface area contributed by atoms with Crippen molar-refractivity contribution in [2.24, 2.45) is 0 Å². The van der Waals surface area contributed by atoms with E-state index >= 15 is 0 Å². The smallest absolute Gasteiger partial charge is 0.201 e. The van der Waals surface area contributed by atoms with Crippen LogP contribution in [0.4, 0.5) is 17.1 Å². The summed E-state index contributed by atoms with van der Waals surface area (Å²) in [4.78, 5) is 11.3. The fourth-order valence-electron chi connectivity index (χ4n) is 5.78. The Labute approximate surface area is 225 Å². The van der Waals surface area contributed by atoms with E-state index in [4.69, 9.17) is 19.7 Å². The second kappa shape index (κ2) is 8.60. The predicted molar refractivity (Wildman–Crippen MR) is 160 cm³/mol. The van der Waals surface area contributed by atoms with Gasteiger partial charge in [-0.1, -0.05) is 97.1 Å². The van der Waals surface area contributed by atoms with Gasteiger partial charge in [0.2, 0.25) is 5.69 Å². The summed E-state index contributed by atoms with van der Waals surface area (Å²) in [7, 11) is 0. The Balaban J connectivity index is 1.87.